The minimum atomic E-state index is -1.06. The van der Waals surface area contributed by atoms with E-state index in [9.17, 15) is 24.3 Å². The Labute approximate surface area is 240 Å². The van der Waals surface area contributed by atoms with Gasteiger partial charge in [-0.05, 0) is 47.2 Å². The van der Waals surface area contributed by atoms with Crippen LogP contribution in [-0.2, 0) is 38.6 Å². The van der Waals surface area contributed by atoms with Crippen molar-refractivity contribution in [1.82, 2.24) is 15.2 Å². The van der Waals surface area contributed by atoms with Crippen LogP contribution in [-0.4, -0.2) is 45.8 Å². The van der Waals surface area contributed by atoms with Crippen molar-refractivity contribution < 1.29 is 24.3 Å². The zero-order chi connectivity index (χ0) is 29.0. The van der Waals surface area contributed by atoms with Gasteiger partial charge < -0.3 is 20.3 Å². The van der Waals surface area contributed by atoms with E-state index in [1.54, 1.807) is 0 Å². The smallest absolute Gasteiger partial charge is 0.304 e. The van der Waals surface area contributed by atoms with Gasteiger partial charge in [0.2, 0.25) is 11.8 Å². The Morgan fingerprint density at radius 2 is 1.76 bits per heavy atom. The van der Waals surface area contributed by atoms with Crippen LogP contribution in [0.2, 0.25) is 0 Å². The third-order valence-corrected chi connectivity index (χ3v) is 7.30. The second kappa shape index (κ2) is 14.8. The first-order valence-corrected chi connectivity index (χ1v) is 14.1. The van der Waals surface area contributed by atoms with Gasteiger partial charge in [-0.25, -0.2) is 0 Å². The zero-order valence-electron chi connectivity index (χ0n) is 23.1. The van der Waals surface area contributed by atoms with Crippen LogP contribution >= 0.6 is 0 Å². The number of ketones is 1. The van der Waals surface area contributed by atoms with E-state index in [0.717, 1.165) is 21.9 Å². The molecule has 0 saturated carbocycles. The van der Waals surface area contributed by atoms with Crippen molar-refractivity contribution in [2.24, 2.45) is 5.92 Å². The number of carbonyl (C=O) groups is 4. The Balaban J connectivity index is 1.49. The fourth-order valence-electron chi connectivity index (χ4n) is 5.07. The lowest BCUT2D eigenvalue weighted by Gasteiger charge is -2.22. The van der Waals surface area contributed by atoms with Crippen molar-refractivity contribution in [3.8, 4) is 0 Å². The molecule has 2 bridgehead atoms. The topological polar surface area (TPSA) is 117 Å². The van der Waals surface area contributed by atoms with E-state index >= 15 is 0 Å². The maximum absolute atomic E-state index is 13.4. The van der Waals surface area contributed by atoms with Crippen molar-refractivity contribution in [3.05, 3.63) is 96.3 Å². The molecule has 8 nitrogen and oxygen atoms in total. The highest BCUT2D eigenvalue weighted by Crippen LogP contribution is 2.20. The highest BCUT2D eigenvalue weighted by molar-refractivity contribution is 5.90. The van der Waals surface area contributed by atoms with Crippen molar-refractivity contribution in [3.63, 3.8) is 0 Å². The van der Waals surface area contributed by atoms with Crippen LogP contribution in [0.4, 0.5) is 0 Å². The van der Waals surface area contributed by atoms with Crippen LogP contribution in [0.25, 0.3) is 10.8 Å². The number of carboxylic acids is 1. The minimum Gasteiger partial charge on any atom is -0.481 e. The molecule has 2 heterocycles. The molecule has 214 valence electrons. The van der Waals surface area contributed by atoms with E-state index in [4.69, 9.17) is 0 Å². The molecule has 3 aromatic rings. The molecule has 2 aromatic carbocycles. The summed E-state index contributed by atoms with van der Waals surface area (Å²) in [6.45, 7) is 0.685. The van der Waals surface area contributed by atoms with Crippen LogP contribution in [0, 0.1) is 5.92 Å². The van der Waals surface area contributed by atoms with Gasteiger partial charge in [-0.1, -0.05) is 66.7 Å². The summed E-state index contributed by atoms with van der Waals surface area (Å²) >= 11 is 0. The van der Waals surface area contributed by atoms with Gasteiger partial charge in [0.15, 0.2) is 0 Å². The number of hydrogen-bond acceptors (Lipinski definition) is 4. The number of nitrogens with one attached hydrogen (secondary N) is 2. The van der Waals surface area contributed by atoms with Crippen molar-refractivity contribution in [2.45, 2.75) is 57.5 Å². The molecule has 4 rings (SSSR count). The average Bonchev–Trinajstić information content (AvgIpc) is 3.06. The van der Waals surface area contributed by atoms with E-state index in [1.807, 2.05) is 59.4 Å². The maximum Gasteiger partial charge on any atom is 0.304 e. The van der Waals surface area contributed by atoms with Gasteiger partial charge in [-0.3, -0.25) is 19.2 Å². The summed E-state index contributed by atoms with van der Waals surface area (Å²) in [6, 6.07) is 22.8. The van der Waals surface area contributed by atoms with Gasteiger partial charge >= 0.3 is 5.97 Å². The molecule has 0 fully saturated rings. The first kappa shape index (κ1) is 29.5. The Hall–Kier alpha value is -4.46. The lowest BCUT2D eigenvalue weighted by molar-refractivity contribution is -0.141. The van der Waals surface area contributed by atoms with Crippen LogP contribution in [0.5, 0.6) is 0 Å². The monoisotopic (exact) mass is 555 g/mol. The Bertz CT molecular complexity index is 1450. The van der Waals surface area contributed by atoms with E-state index in [-0.39, 0.29) is 31.6 Å². The Kier molecular flexibility index (Phi) is 10.7. The fraction of sp³-hybridized carbons (Fsp3) is 0.333. The maximum atomic E-state index is 13.4. The van der Waals surface area contributed by atoms with E-state index in [1.165, 1.54) is 0 Å². The molecule has 0 saturated heterocycles. The molecule has 8 heteroatoms. The molecule has 1 aliphatic rings. The number of aliphatic carboxylic acids is 1. The highest BCUT2D eigenvalue weighted by Gasteiger charge is 2.27. The number of carbonyl (C=O) groups excluding carboxylic acids is 3. The zero-order valence-corrected chi connectivity index (χ0v) is 23.1. The molecular weight excluding hydrogens is 518 g/mol. The number of aromatic nitrogens is 1. The minimum absolute atomic E-state index is 0.0358. The molecule has 41 heavy (non-hydrogen) atoms. The number of aryl methyl sites for hydroxylation is 2. The van der Waals surface area contributed by atoms with Crippen LogP contribution in [0.1, 0.15) is 43.2 Å². The molecule has 0 aliphatic carbocycles. The highest BCUT2D eigenvalue weighted by atomic mass is 16.4. The quantitative estimate of drug-likeness (QED) is 0.381. The second-order valence-electron chi connectivity index (χ2n) is 10.5. The summed E-state index contributed by atoms with van der Waals surface area (Å²) in [5.74, 6) is -2.67. The third-order valence-electron chi connectivity index (χ3n) is 7.30. The number of amides is 2. The molecule has 1 unspecified atom stereocenters. The number of hydrogen-bond donors (Lipinski definition) is 3. The Morgan fingerprint density at radius 3 is 2.59 bits per heavy atom. The predicted octanol–water partition coefficient (Wildman–Crippen LogP) is 4.39. The number of benzene rings is 2. The second-order valence-corrected chi connectivity index (χ2v) is 10.5. The van der Waals surface area contributed by atoms with Crippen molar-refractivity contribution in [2.75, 3.05) is 6.54 Å². The normalized spacial score (nSPS) is 16.4. The van der Waals surface area contributed by atoms with E-state index in [2.05, 4.69) is 41.0 Å². The lowest BCUT2D eigenvalue weighted by atomic mass is 9.94. The molecule has 3 N–H and O–H groups in total. The predicted molar refractivity (Wildman–Crippen MR) is 158 cm³/mol. The standard InChI is InChI=1S/C33H37N3O5/c37-29-15-17-34-33(41)30(21-25-8-3-1-2-6-18-36(23-25)19-16-29)35-32(40)28(22-31(38)39)12-7-9-24-13-14-26-10-4-5-11-27(26)20-24/h1-6,8,10-11,13-14,18,20,23,28,30H,7,9,12,15-17,19,21-22H2,(H,34,41)(H,35,40)(H,38,39)/t28-,30?/m1/s1. The number of carboxylic acid groups (broad SMARTS) is 1. The van der Waals surface area contributed by atoms with Crippen LogP contribution in [0.15, 0.2) is 85.2 Å². The van der Waals surface area contributed by atoms with E-state index in [0.29, 0.717) is 32.2 Å². The van der Waals surface area contributed by atoms with Gasteiger partial charge in [-0.15, -0.1) is 0 Å². The van der Waals surface area contributed by atoms with Gasteiger partial charge in [-0.2, -0.15) is 0 Å². The van der Waals surface area contributed by atoms with Gasteiger partial charge in [0.25, 0.3) is 0 Å². The third kappa shape index (κ3) is 9.31. The number of fused-ring (bicyclic) bond motifs is 3. The lowest BCUT2D eigenvalue weighted by Crippen LogP contribution is -2.50. The van der Waals surface area contributed by atoms with Crippen molar-refractivity contribution in [1.29, 1.82) is 0 Å². The van der Waals surface area contributed by atoms with Gasteiger partial charge in [0, 0.05) is 50.7 Å². The molecular formula is C33H37N3O5. The molecule has 2 atom stereocenters. The van der Waals surface area contributed by atoms with Crippen LogP contribution < -0.4 is 10.6 Å². The van der Waals surface area contributed by atoms with Gasteiger partial charge in [0.1, 0.15) is 11.8 Å². The summed E-state index contributed by atoms with van der Waals surface area (Å²) in [4.78, 5) is 50.6. The summed E-state index contributed by atoms with van der Waals surface area (Å²) in [7, 11) is 0. The number of nitrogens with zero attached hydrogens (tertiary/aromatic N) is 1. The summed E-state index contributed by atoms with van der Waals surface area (Å²) < 4.78 is 1.91. The largest absolute Gasteiger partial charge is 0.481 e. The summed E-state index contributed by atoms with van der Waals surface area (Å²) in [5.41, 5.74) is 1.92. The molecule has 1 aromatic heterocycles. The molecule has 1 aliphatic heterocycles. The number of Topliss-reactive ketones (excluding diaryl/α,β-unsaturated/α-hetero) is 1. The summed E-state index contributed by atoms with van der Waals surface area (Å²) in [5, 5.41) is 17.4. The first-order valence-electron chi connectivity index (χ1n) is 14.1. The fourth-order valence-corrected chi connectivity index (χ4v) is 5.07. The SMILES string of the molecule is O=C(O)C[C@@H](CCCc1ccc2ccccc2c1)C(=O)NC1Cc2ccccccn(c2)CCC(=O)CCNC1=O. The average molecular weight is 556 g/mol. The molecule has 2 amide bonds. The van der Waals surface area contributed by atoms with Crippen molar-refractivity contribution >= 4 is 34.3 Å². The van der Waals surface area contributed by atoms with Crippen LogP contribution in [0.3, 0.4) is 0 Å². The molecule has 0 radical (unpaired) electrons. The van der Waals surface area contributed by atoms with Gasteiger partial charge in [0.05, 0.1) is 6.42 Å². The summed E-state index contributed by atoms with van der Waals surface area (Å²) in [6.07, 6.45) is 5.92. The first-order chi connectivity index (χ1) is 19.9. The van der Waals surface area contributed by atoms with E-state index < -0.39 is 29.7 Å². The Morgan fingerprint density at radius 1 is 0.976 bits per heavy atom. The molecule has 0 spiro atoms. The number of rotatable bonds is 8.